The Morgan fingerprint density at radius 1 is 1.18 bits per heavy atom. The molecule has 1 unspecified atom stereocenters. The van der Waals surface area contributed by atoms with Crippen LogP contribution < -0.4 is 9.47 Å². The van der Waals surface area contributed by atoms with Crippen molar-refractivity contribution in [2.75, 3.05) is 33.5 Å². The minimum atomic E-state index is -0.0564. The van der Waals surface area contributed by atoms with Crippen molar-refractivity contribution >= 4 is 0 Å². The van der Waals surface area contributed by atoms with Gasteiger partial charge in [0.15, 0.2) is 0 Å². The first kappa shape index (κ1) is 18.8. The molecule has 1 saturated carbocycles. The molecule has 0 N–H and O–H groups in total. The number of hydrogen-bond acceptors (Lipinski definition) is 5. The van der Waals surface area contributed by atoms with Gasteiger partial charge in [0.25, 0.3) is 0 Å². The van der Waals surface area contributed by atoms with Crippen LogP contribution >= 0.6 is 0 Å². The number of aromatic nitrogens is 1. The van der Waals surface area contributed by atoms with E-state index in [2.05, 4.69) is 41.9 Å². The van der Waals surface area contributed by atoms with Gasteiger partial charge in [0, 0.05) is 29.2 Å². The van der Waals surface area contributed by atoms with Gasteiger partial charge in [-0.2, -0.15) is 0 Å². The van der Waals surface area contributed by atoms with Crippen molar-refractivity contribution in [3.8, 4) is 34.7 Å². The summed E-state index contributed by atoms with van der Waals surface area (Å²) in [6.45, 7) is 4.30. The molecule has 1 saturated heterocycles. The number of hydrogen-bond donors (Lipinski definition) is 0. The standard InChI is InChI=1S/C23H25NO4/c1-16-3-4-18(8-7-17-5-6-17)11-21(16)22-12-19(13-23(24-22)25-2)28-15-20-14-26-9-10-27-20/h3-4,11-13,17,20H,5-6,9-10,14-15H2,1-2H3. The Morgan fingerprint density at radius 3 is 2.82 bits per heavy atom. The van der Waals surface area contributed by atoms with E-state index in [0.717, 1.165) is 22.4 Å². The summed E-state index contributed by atoms with van der Waals surface area (Å²) in [5, 5.41) is 0. The minimum absolute atomic E-state index is 0.0564. The minimum Gasteiger partial charge on any atom is -0.491 e. The normalized spacial score (nSPS) is 18.9. The fourth-order valence-electron chi connectivity index (χ4n) is 3.02. The SMILES string of the molecule is COc1cc(OCC2COCCO2)cc(-c2cc(C#CC3CC3)ccc2C)n1. The average Bonchev–Trinajstić information content (AvgIpc) is 3.56. The van der Waals surface area contributed by atoms with Gasteiger partial charge in [-0.3, -0.25) is 0 Å². The van der Waals surface area contributed by atoms with Crippen molar-refractivity contribution in [2.24, 2.45) is 5.92 Å². The van der Waals surface area contributed by atoms with Crippen LogP contribution in [0.15, 0.2) is 30.3 Å². The van der Waals surface area contributed by atoms with Gasteiger partial charge in [-0.05, 0) is 37.5 Å². The largest absolute Gasteiger partial charge is 0.491 e. The highest BCUT2D eigenvalue weighted by molar-refractivity contribution is 5.67. The van der Waals surface area contributed by atoms with Crippen LogP contribution in [0.1, 0.15) is 24.0 Å². The van der Waals surface area contributed by atoms with Crippen molar-refractivity contribution in [3.05, 3.63) is 41.5 Å². The average molecular weight is 379 g/mol. The van der Waals surface area contributed by atoms with Gasteiger partial charge in [-0.15, -0.1) is 0 Å². The van der Waals surface area contributed by atoms with Crippen LogP contribution in [0.3, 0.4) is 0 Å². The fourth-order valence-corrected chi connectivity index (χ4v) is 3.02. The molecule has 1 aromatic carbocycles. The quantitative estimate of drug-likeness (QED) is 0.743. The molecule has 2 aliphatic rings. The Kier molecular flexibility index (Phi) is 5.80. The molecule has 1 aliphatic heterocycles. The molecule has 2 aromatic rings. The predicted molar refractivity (Wildman–Crippen MR) is 107 cm³/mol. The van der Waals surface area contributed by atoms with Crippen molar-refractivity contribution in [3.63, 3.8) is 0 Å². The van der Waals surface area contributed by atoms with E-state index in [0.29, 0.717) is 44.0 Å². The van der Waals surface area contributed by atoms with Crippen LogP contribution in [-0.4, -0.2) is 44.6 Å². The Labute approximate surface area is 166 Å². The number of aryl methyl sites for hydroxylation is 1. The summed E-state index contributed by atoms with van der Waals surface area (Å²) in [7, 11) is 1.61. The third-order valence-electron chi connectivity index (χ3n) is 4.82. The zero-order valence-corrected chi connectivity index (χ0v) is 16.4. The van der Waals surface area contributed by atoms with Gasteiger partial charge in [-0.1, -0.05) is 17.9 Å². The maximum absolute atomic E-state index is 5.95. The van der Waals surface area contributed by atoms with E-state index in [-0.39, 0.29) is 6.10 Å². The second-order valence-electron chi connectivity index (χ2n) is 7.18. The van der Waals surface area contributed by atoms with E-state index in [4.69, 9.17) is 18.9 Å². The zero-order chi connectivity index (χ0) is 19.3. The molecule has 1 aromatic heterocycles. The summed E-state index contributed by atoms with van der Waals surface area (Å²) in [4.78, 5) is 4.62. The smallest absolute Gasteiger partial charge is 0.217 e. The lowest BCUT2D eigenvalue weighted by molar-refractivity contribution is -0.101. The van der Waals surface area contributed by atoms with Gasteiger partial charge in [0.2, 0.25) is 5.88 Å². The highest BCUT2D eigenvalue weighted by atomic mass is 16.6. The highest BCUT2D eigenvalue weighted by Gasteiger charge is 2.18. The Bertz CT molecular complexity index is 889. The van der Waals surface area contributed by atoms with E-state index in [1.54, 1.807) is 13.2 Å². The number of benzene rings is 1. The summed E-state index contributed by atoms with van der Waals surface area (Å²) in [5.41, 5.74) is 3.98. The lowest BCUT2D eigenvalue weighted by Gasteiger charge is -2.23. The van der Waals surface area contributed by atoms with Crippen molar-refractivity contribution < 1.29 is 18.9 Å². The molecule has 2 fully saturated rings. The Balaban J connectivity index is 1.58. The van der Waals surface area contributed by atoms with E-state index in [1.807, 2.05) is 6.07 Å². The molecule has 1 atom stereocenters. The first-order valence-corrected chi connectivity index (χ1v) is 9.72. The van der Waals surface area contributed by atoms with E-state index >= 15 is 0 Å². The topological polar surface area (TPSA) is 49.8 Å². The van der Waals surface area contributed by atoms with Crippen molar-refractivity contribution in [1.82, 2.24) is 4.98 Å². The molecule has 0 bridgehead atoms. The zero-order valence-electron chi connectivity index (χ0n) is 16.4. The van der Waals surface area contributed by atoms with E-state index in [1.165, 1.54) is 12.8 Å². The molecule has 2 heterocycles. The molecule has 4 rings (SSSR count). The number of methoxy groups -OCH3 is 1. The van der Waals surface area contributed by atoms with Crippen molar-refractivity contribution in [2.45, 2.75) is 25.9 Å². The van der Waals surface area contributed by atoms with Crippen LogP contribution in [0.5, 0.6) is 11.6 Å². The summed E-state index contributed by atoms with van der Waals surface area (Å²) < 4.78 is 22.4. The summed E-state index contributed by atoms with van der Waals surface area (Å²) in [6, 6.07) is 9.97. The van der Waals surface area contributed by atoms with Crippen LogP contribution in [0.2, 0.25) is 0 Å². The second-order valence-corrected chi connectivity index (χ2v) is 7.18. The summed E-state index contributed by atoms with van der Waals surface area (Å²) >= 11 is 0. The monoisotopic (exact) mass is 379 g/mol. The number of pyridine rings is 1. The number of rotatable bonds is 5. The van der Waals surface area contributed by atoms with Crippen LogP contribution in [-0.2, 0) is 9.47 Å². The fraction of sp³-hybridized carbons (Fsp3) is 0.435. The summed E-state index contributed by atoms with van der Waals surface area (Å²) in [5.74, 6) is 8.39. The first-order valence-electron chi connectivity index (χ1n) is 9.72. The van der Waals surface area contributed by atoms with Crippen LogP contribution in [0.25, 0.3) is 11.3 Å². The number of nitrogens with zero attached hydrogens (tertiary/aromatic N) is 1. The molecule has 28 heavy (non-hydrogen) atoms. The Morgan fingerprint density at radius 2 is 2.07 bits per heavy atom. The maximum Gasteiger partial charge on any atom is 0.217 e. The van der Waals surface area contributed by atoms with Crippen molar-refractivity contribution in [1.29, 1.82) is 0 Å². The van der Waals surface area contributed by atoms with Crippen LogP contribution in [0.4, 0.5) is 0 Å². The number of ether oxygens (including phenoxy) is 4. The maximum atomic E-state index is 5.95. The Hall–Kier alpha value is -2.55. The first-order chi connectivity index (χ1) is 13.7. The van der Waals surface area contributed by atoms with E-state index < -0.39 is 0 Å². The molecular formula is C23H25NO4. The van der Waals surface area contributed by atoms with Crippen LogP contribution in [0, 0.1) is 24.7 Å². The van der Waals surface area contributed by atoms with Gasteiger partial charge >= 0.3 is 0 Å². The van der Waals surface area contributed by atoms with Gasteiger partial charge in [0.05, 0.1) is 32.6 Å². The van der Waals surface area contributed by atoms with Gasteiger partial charge < -0.3 is 18.9 Å². The van der Waals surface area contributed by atoms with Gasteiger partial charge in [-0.25, -0.2) is 4.98 Å². The molecule has 0 amide bonds. The molecule has 0 spiro atoms. The molecule has 5 heteroatoms. The predicted octanol–water partition coefficient (Wildman–Crippen LogP) is 3.62. The molecule has 1 aliphatic carbocycles. The third-order valence-corrected chi connectivity index (χ3v) is 4.82. The molecule has 0 radical (unpaired) electrons. The van der Waals surface area contributed by atoms with Gasteiger partial charge in [0.1, 0.15) is 18.5 Å². The lowest BCUT2D eigenvalue weighted by Crippen LogP contribution is -2.33. The lowest BCUT2D eigenvalue weighted by atomic mass is 10.0. The highest BCUT2D eigenvalue weighted by Crippen LogP contribution is 2.30. The molecule has 146 valence electrons. The second kappa shape index (κ2) is 8.64. The third kappa shape index (κ3) is 4.83. The molecule has 5 nitrogen and oxygen atoms in total. The molecular weight excluding hydrogens is 354 g/mol. The summed E-state index contributed by atoms with van der Waals surface area (Å²) in [6.07, 6.45) is 2.39. The van der Waals surface area contributed by atoms with E-state index in [9.17, 15) is 0 Å².